The van der Waals surface area contributed by atoms with E-state index < -0.39 is 0 Å². The van der Waals surface area contributed by atoms with Crippen molar-refractivity contribution in [1.82, 2.24) is 0 Å². The number of halogens is 2. The van der Waals surface area contributed by atoms with E-state index in [0.29, 0.717) is 21.3 Å². The van der Waals surface area contributed by atoms with Crippen molar-refractivity contribution >= 4 is 21.7 Å². The number of carbonyl (C=O) groups excluding carboxylic acids is 1. The largest absolute Gasteiger partial charge is 0.488 e. The van der Waals surface area contributed by atoms with Gasteiger partial charge in [0.1, 0.15) is 18.2 Å². The minimum absolute atomic E-state index is 0.0612. The van der Waals surface area contributed by atoms with Crippen LogP contribution in [0.15, 0.2) is 46.9 Å². The lowest BCUT2D eigenvalue weighted by atomic mass is 10.1. The first-order chi connectivity index (χ1) is 9.09. The zero-order valence-corrected chi connectivity index (χ0v) is 11.9. The van der Waals surface area contributed by atoms with E-state index >= 15 is 0 Å². The summed E-state index contributed by atoms with van der Waals surface area (Å²) in [5, 5.41) is 0. The fourth-order valence-electron chi connectivity index (χ4n) is 1.70. The molecule has 0 unspecified atom stereocenters. The van der Waals surface area contributed by atoms with Crippen LogP contribution in [0.25, 0.3) is 0 Å². The Kier molecular flexibility index (Phi) is 4.32. The highest BCUT2D eigenvalue weighted by Crippen LogP contribution is 2.24. The molecular weight excluding hydrogens is 311 g/mol. The molecule has 0 aromatic heterocycles. The summed E-state index contributed by atoms with van der Waals surface area (Å²) in [6, 6.07) is 11.8. The zero-order chi connectivity index (χ0) is 13.8. The minimum Gasteiger partial charge on any atom is -0.488 e. The molecule has 0 radical (unpaired) electrons. The molecule has 0 N–H and O–H groups in total. The van der Waals surface area contributed by atoms with Crippen molar-refractivity contribution in [2.75, 3.05) is 0 Å². The Bertz CT molecular complexity index is 611. The number of hydrogen-bond donors (Lipinski definition) is 0. The fourth-order valence-corrected chi connectivity index (χ4v) is 2.08. The molecule has 19 heavy (non-hydrogen) atoms. The van der Waals surface area contributed by atoms with Crippen LogP contribution in [0.4, 0.5) is 4.39 Å². The molecule has 98 valence electrons. The molecule has 0 saturated heterocycles. The molecule has 0 amide bonds. The highest BCUT2D eigenvalue weighted by Gasteiger charge is 2.09. The average Bonchev–Trinajstić information content (AvgIpc) is 2.40. The van der Waals surface area contributed by atoms with Gasteiger partial charge in [-0.1, -0.05) is 24.3 Å². The average molecular weight is 323 g/mol. The molecule has 0 heterocycles. The van der Waals surface area contributed by atoms with E-state index in [4.69, 9.17) is 4.74 Å². The summed E-state index contributed by atoms with van der Waals surface area (Å²) in [5.41, 5.74) is 1.22. The summed E-state index contributed by atoms with van der Waals surface area (Å²) >= 11 is 3.18. The first-order valence-corrected chi connectivity index (χ1v) is 6.54. The predicted octanol–water partition coefficient (Wildman–Crippen LogP) is 4.37. The fraction of sp³-hybridized carbons (Fsp3) is 0.133. The molecule has 2 aromatic carbocycles. The summed E-state index contributed by atoms with van der Waals surface area (Å²) < 4.78 is 19.3. The van der Waals surface area contributed by atoms with Gasteiger partial charge < -0.3 is 4.74 Å². The van der Waals surface area contributed by atoms with Crippen molar-refractivity contribution in [2.45, 2.75) is 13.5 Å². The van der Waals surface area contributed by atoms with Crippen LogP contribution in [0.2, 0.25) is 0 Å². The van der Waals surface area contributed by atoms with Crippen molar-refractivity contribution in [2.24, 2.45) is 0 Å². The molecule has 0 aliphatic rings. The maximum absolute atomic E-state index is 13.4. The van der Waals surface area contributed by atoms with Gasteiger partial charge in [-0.2, -0.15) is 0 Å². The molecule has 0 saturated carbocycles. The normalized spacial score (nSPS) is 10.3. The zero-order valence-electron chi connectivity index (χ0n) is 10.3. The van der Waals surface area contributed by atoms with E-state index in [0.717, 1.165) is 0 Å². The summed E-state index contributed by atoms with van der Waals surface area (Å²) in [5.74, 6) is 0.112. The second kappa shape index (κ2) is 5.97. The molecule has 0 fully saturated rings. The standard InChI is InChI=1S/C15H12BrFO2/c1-10(18)12-6-2-3-8-14(12)19-9-11-5-4-7-13(17)15(11)16/h2-8H,9H2,1H3. The third-order valence-electron chi connectivity index (χ3n) is 2.68. The highest BCUT2D eigenvalue weighted by molar-refractivity contribution is 9.10. The summed E-state index contributed by atoms with van der Waals surface area (Å²) in [4.78, 5) is 11.4. The van der Waals surface area contributed by atoms with E-state index in [9.17, 15) is 9.18 Å². The second-order valence-corrected chi connectivity index (χ2v) is 4.85. The van der Waals surface area contributed by atoms with Crippen LogP contribution < -0.4 is 4.74 Å². The highest BCUT2D eigenvalue weighted by atomic mass is 79.9. The summed E-state index contributed by atoms with van der Waals surface area (Å²) in [6.07, 6.45) is 0. The van der Waals surface area contributed by atoms with Crippen LogP contribution in [0.3, 0.4) is 0 Å². The molecule has 0 aliphatic carbocycles. The monoisotopic (exact) mass is 322 g/mol. The Morgan fingerprint density at radius 3 is 2.68 bits per heavy atom. The number of ketones is 1. The number of benzene rings is 2. The maximum Gasteiger partial charge on any atom is 0.163 e. The molecule has 0 aliphatic heterocycles. The van der Waals surface area contributed by atoms with Gasteiger partial charge in [0.2, 0.25) is 0 Å². The summed E-state index contributed by atoms with van der Waals surface area (Å²) in [6.45, 7) is 1.68. The van der Waals surface area contributed by atoms with E-state index in [1.54, 1.807) is 36.4 Å². The Balaban J connectivity index is 2.19. The number of rotatable bonds is 4. The molecule has 4 heteroatoms. The molecule has 2 nitrogen and oxygen atoms in total. The van der Waals surface area contributed by atoms with Gasteiger partial charge in [-0.25, -0.2) is 4.39 Å². The summed E-state index contributed by atoms with van der Waals surface area (Å²) in [7, 11) is 0. The topological polar surface area (TPSA) is 26.3 Å². The first kappa shape index (κ1) is 13.7. The smallest absolute Gasteiger partial charge is 0.163 e. The Morgan fingerprint density at radius 1 is 1.21 bits per heavy atom. The van der Waals surface area contributed by atoms with Crippen molar-refractivity contribution in [3.63, 3.8) is 0 Å². The molecule has 0 atom stereocenters. The van der Waals surface area contributed by atoms with Gasteiger partial charge in [0.25, 0.3) is 0 Å². The molecule has 0 spiro atoms. The van der Waals surface area contributed by atoms with Crippen LogP contribution >= 0.6 is 15.9 Å². The maximum atomic E-state index is 13.4. The van der Waals surface area contributed by atoms with Gasteiger partial charge >= 0.3 is 0 Å². The van der Waals surface area contributed by atoms with Crippen molar-refractivity contribution in [1.29, 1.82) is 0 Å². The van der Waals surface area contributed by atoms with Crippen LogP contribution in [0.1, 0.15) is 22.8 Å². The van der Waals surface area contributed by atoms with E-state index in [1.165, 1.54) is 13.0 Å². The quantitative estimate of drug-likeness (QED) is 0.781. The van der Waals surface area contributed by atoms with Crippen LogP contribution in [0.5, 0.6) is 5.75 Å². The molecule has 0 bridgehead atoms. The number of hydrogen-bond acceptors (Lipinski definition) is 2. The lowest BCUT2D eigenvalue weighted by molar-refractivity contribution is 0.101. The third-order valence-corrected chi connectivity index (χ3v) is 3.57. The molecular formula is C15H12BrFO2. The van der Waals surface area contributed by atoms with E-state index in [1.807, 2.05) is 0 Å². The molecule has 2 aromatic rings. The van der Waals surface area contributed by atoms with Gasteiger partial charge in [-0.15, -0.1) is 0 Å². The number of Topliss-reactive ketones (excluding diaryl/α,β-unsaturated/α-hetero) is 1. The van der Waals surface area contributed by atoms with Crippen LogP contribution in [-0.4, -0.2) is 5.78 Å². The Hall–Kier alpha value is -1.68. The van der Waals surface area contributed by atoms with E-state index in [-0.39, 0.29) is 18.2 Å². The third kappa shape index (κ3) is 3.20. The van der Waals surface area contributed by atoms with Gasteiger partial charge in [0.15, 0.2) is 5.78 Å². The Morgan fingerprint density at radius 2 is 1.95 bits per heavy atom. The number of carbonyl (C=O) groups is 1. The van der Waals surface area contributed by atoms with Gasteiger partial charge in [-0.05, 0) is 41.1 Å². The SMILES string of the molecule is CC(=O)c1ccccc1OCc1cccc(F)c1Br. The minimum atomic E-state index is -0.332. The Labute approximate surface area is 119 Å². The van der Waals surface area contributed by atoms with E-state index in [2.05, 4.69) is 15.9 Å². The van der Waals surface area contributed by atoms with Crippen LogP contribution in [0, 0.1) is 5.82 Å². The van der Waals surface area contributed by atoms with Crippen molar-refractivity contribution < 1.29 is 13.9 Å². The predicted molar refractivity (Wildman–Crippen MR) is 74.9 cm³/mol. The number of ether oxygens (including phenoxy) is 1. The van der Waals surface area contributed by atoms with Gasteiger partial charge in [0, 0.05) is 5.56 Å². The lowest BCUT2D eigenvalue weighted by Crippen LogP contribution is -2.02. The van der Waals surface area contributed by atoms with Gasteiger partial charge in [-0.3, -0.25) is 4.79 Å². The van der Waals surface area contributed by atoms with Crippen LogP contribution in [-0.2, 0) is 6.61 Å². The molecule has 2 rings (SSSR count). The lowest BCUT2D eigenvalue weighted by Gasteiger charge is -2.11. The number of para-hydroxylation sites is 1. The first-order valence-electron chi connectivity index (χ1n) is 5.75. The van der Waals surface area contributed by atoms with Gasteiger partial charge in [0.05, 0.1) is 10.0 Å². The second-order valence-electron chi connectivity index (χ2n) is 4.05. The van der Waals surface area contributed by atoms with Crippen molar-refractivity contribution in [3.8, 4) is 5.75 Å². The van der Waals surface area contributed by atoms with Crippen molar-refractivity contribution in [3.05, 3.63) is 63.9 Å².